The molecule has 6 nitrogen and oxygen atoms in total. The largest absolute Gasteiger partial charge is 0.497 e. The molecule has 0 amide bonds. The Labute approximate surface area is 176 Å². The van der Waals surface area contributed by atoms with E-state index >= 15 is 0 Å². The van der Waals surface area contributed by atoms with Crippen LogP contribution in [0.15, 0.2) is 42.5 Å². The van der Waals surface area contributed by atoms with Crippen LogP contribution in [0.1, 0.15) is 48.3 Å². The summed E-state index contributed by atoms with van der Waals surface area (Å²) < 4.78 is 12.6. The van der Waals surface area contributed by atoms with Gasteiger partial charge in [0.2, 0.25) is 0 Å². The van der Waals surface area contributed by atoms with Gasteiger partial charge in [-0.3, -0.25) is 14.2 Å². The van der Waals surface area contributed by atoms with Gasteiger partial charge in [-0.15, -0.1) is 0 Å². The Bertz CT molecular complexity index is 1050. The third-order valence-electron chi connectivity index (χ3n) is 5.12. The number of fused-ring (bicyclic) bond motifs is 1. The summed E-state index contributed by atoms with van der Waals surface area (Å²) in [7, 11) is 1.56. The van der Waals surface area contributed by atoms with Crippen LogP contribution < -0.4 is 9.47 Å². The predicted molar refractivity (Wildman–Crippen MR) is 116 cm³/mol. The highest BCUT2D eigenvalue weighted by molar-refractivity contribution is 6.05. The highest BCUT2D eigenvalue weighted by Gasteiger charge is 2.23. The lowest BCUT2D eigenvalue weighted by atomic mass is 10.1. The van der Waals surface area contributed by atoms with Crippen LogP contribution in [0.5, 0.6) is 11.5 Å². The molecule has 1 aromatic heterocycles. The van der Waals surface area contributed by atoms with Gasteiger partial charge >= 0.3 is 5.97 Å². The van der Waals surface area contributed by atoms with Crippen molar-refractivity contribution in [2.45, 2.75) is 39.5 Å². The topological polar surface area (TPSA) is 77.8 Å². The van der Waals surface area contributed by atoms with Crippen LogP contribution in [0, 0.1) is 0 Å². The Morgan fingerprint density at radius 3 is 2.33 bits per heavy atom. The molecule has 1 N–H and O–H groups in total. The molecule has 0 aliphatic carbocycles. The van der Waals surface area contributed by atoms with Crippen LogP contribution in [-0.4, -0.2) is 35.3 Å². The maximum Gasteiger partial charge on any atom is 0.307 e. The number of rotatable bonds is 9. The Morgan fingerprint density at radius 1 is 1.03 bits per heavy atom. The van der Waals surface area contributed by atoms with E-state index in [0.29, 0.717) is 41.1 Å². The van der Waals surface area contributed by atoms with Crippen molar-refractivity contribution in [2.75, 3.05) is 13.7 Å². The molecule has 6 heteroatoms. The summed E-state index contributed by atoms with van der Waals surface area (Å²) in [5.74, 6) is 0.214. The van der Waals surface area contributed by atoms with E-state index in [-0.39, 0.29) is 12.3 Å². The molecule has 30 heavy (non-hydrogen) atoms. The first-order valence-corrected chi connectivity index (χ1v) is 10.2. The van der Waals surface area contributed by atoms with Gasteiger partial charge in [-0.05, 0) is 60.9 Å². The predicted octanol–water partition coefficient (Wildman–Crippen LogP) is 4.71. The fourth-order valence-corrected chi connectivity index (χ4v) is 3.62. The Hall–Kier alpha value is -3.28. The van der Waals surface area contributed by atoms with Gasteiger partial charge in [0.25, 0.3) is 5.91 Å². The van der Waals surface area contributed by atoms with Crippen molar-refractivity contribution in [3.63, 3.8) is 0 Å². The minimum atomic E-state index is -0.937. The van der Waals surface area contributed by atoms with Crippen molar-refractivity contribution in [1.29, 1.82) is 0 Å². The zero-order valence-corrected chi connectivity index (χ0v) is 17.6. The summed E-state index contributed by atoms with van der Waals surface area (Å²) in [4.78, 5) is 24.9. The lowest BCUT2D eigenvalue weighted by Crippen LogP contribution is -2.15. The van der Waals surface area contributed by atoms with Crippen molar-refractivity contribution in [3.8, 4) is 11.5 Å². The smallest absolute Gasteiger partial charge is 0.307 e. The highest BCUT2D eigenvalue weighted by atomic mass is 16.5. The van der Waals surface area contributed by atoms with Gasteiger partial charge in [-0.25, -0.2) is 0 Å². The van der Waals surface area contributed by atoms with Crippen LogP contribution in [0.25, 0.3) is 10.9 Å². The van der Waals surface area contributed by atoms with E-state index in [1.807, 2.05) is 6.92 Å². The summed E-state index contributed by atoms with van der Waals surface area (Å²) in [6.07, 6.45) is 2.41. The number of aromatic nitrogens is 1. The van der Waals surface area contributed by atoms with Crippen molar-refractivity contribution in [2.24, 2.45) is 0 Å². The second-order valence-corrected chi connectivity index (χ2v) is 7.10. The molecule has 3 aromatic rings. The van der Waals surface area contributed by atoms with E-state index in [1.54, 1.807) is 54.1 Å². The molecule has 0 atom stereocenters. The number of carbonyl (C=O) groups excluding carboxylic acids is 1. The number of aliphatic carboxylic acids is 1. The van der Waals surface area contributed by atoms with Gasteiger partial charge in [-0.1, -0.05) is 20.3 Å². The molecule has 0 saturated heterocycles. The molecular weight excluding hydrogens is 382 g/mol. The fourth-order valence-electron chi connectivity index (χ4n) is 3.62. The van der Waals surface area contributed by atoms with Crippen LogP contribution in [0.4, 0.5) is 0 Å². The first-order chi connectivity index (χ1) is 14.5. The Kier molecular flexibility index (Phi) is 6.77. The zero-order valence-electron chi connectivity index (χ0n) is 17.6. The summed E-state index contributed by atoms with van der Waals surface area (Å²) in [6, 6.07) is 12.5. The third-order valence-corrected chi connectivity index (χ3v) is 5.12. The van der Waals surface area contributed by atoms with Gasteiger partial charge in [0.05, 0.1) is 25.7 Å². The van der Waals surface area contributed by atoms with Gasteiger partial charge in [0, 0.05) is 16.6 Å². The minimum Gasteiger partial charge on any atom is -0.497 e. The molecule has 2 aromatic carbocycles. The second-order valence-electron chi connectivity index (χ2n) is 7.10. The number of hydrogen-bond acceptors (Lipinski definition) is 4. The molecule has 0 aliphatic heterocycles. The maximum absolute atomic E-state index is 13.4. The van der Waals surface area contributed by atoms with Crippen LogP contribution in [0.3, 0.4) is 0 Å². The summed E-state index contributed by atoms with van der Waals surface area (Å²) in [5, 5.41) is 10.1. The molecule has 158 valence electrons. The van der Waals surface area contributed by atoms with Gasteiger partial charge in [-0.2, -0.15) is 0 Å². The summed E-state index contributed by atoms with van der Waals surface area (Å²) >= 11 is 0. The van der Waals surface area contributed by atoms with Gasteiger partial charge in [0.1, 0.15) is 11.5 Å². The number of nitrogens with zero attached hydrogens (tertiary/aromatic N) is 1. The molecule has 0 unspecified atom stereocenters. The van der Waals surface area contributed by atoms with Crippen molar-refractivity contribution in [3.05, 3.63) is 59.3 Å². The Balaban J connectivity index is 2.05. The third kappa shape index (κ3) is 4.32. The number of hydrogen-bond donors (Lipinski definition) is 1. The standard InChI is InChI=1S/C24H27NO5/c1-4-6-13-30-17-9-7-16(8-10-17)24(28)25-21(5-2)20(15-23(26)27)19-14-18(29-3)11-12-22(19)25/h7-12,14H,4-6,13,15H2,1-3H3,(H,26,27). The quantitative estimate of drug-likeness (QED) is 0.518. The minimum absolute atomic E-state index is 0.155. The van der Waals surface area contributed by atoms with Crippen molar-refractivity contribution in [1.82, 2.24) is 4.57 Å². The molecule has 0 saturated carbocycles. The van der Waals surface area contributed by atoms with E-state index in [9.17, 15) is 14.7 Å². The molecule has 3 rings (SSSR count). The van der Waals surface area contributed by atoms with Gasteiger partial charge in [0.15, 0.2) is 0 Å². The first-order valence-electron chi connectivity index (χ1n) is 10.2. The van der Waals surface area contributed by atoms with E-state index in [1.165, 1.54) is 0 Å². The summed E-state index contributed by atoms with van der Waals surface area (Å²) in [5.41, 5.74) is 2.54. The van der Waals surface area contributed by atoms with Crippen LogP contribution >= 0.6 is 0 Å². The molecular formula is C24H27NO5. The number of methoxy groups -OCH3 is 1. The lowest BCUT2D eigenvalue weighted by molar-refractivity contribution is -0.136. The number of unbranched alkanes of at least 4 members (excludes halogenated alkanes) is 1. The van der Waals surface area contributed by atoms with Gasteiger partial charge < -0.3 is 14.6 Å². The normalized spacial score (nSPS) is 10.9. The highest BCUT2D eigenvalue weighted by Crippen LogP contribution is 2.31. The van der Waals surface area contributed by atoms with Crippen LogP contribution in [0.2, 0.25) is 0 Å². The molecule has 0 fully saturated rings. The lowest BCUT2D eigenvalue weighted by Gasteiger charge is -2.11. The van der Waals surface area contributed by atoms with Crippen molar-refractivity contribution >= 4 is 22.8 Å². The number of ether oxygens (including phenoxy) is 2. The number of carboxylic acid groups (broad SMARTS) is 1. The monoisotopic (exact) mass is 409 g/mol. The molecule has 0 spiro atoms. The number of carboxylic acids is 1. The number of benzene rings is 2. The van der Waals surface area contributed by atoms with E-state index < -0.39 is 5.97 Å². The second kappa shape index (κ2) is 9.48. The van der Waals surface area contributed by atoms with E-state index in [0.717, 1.165) is 24.0 Å². The first kappa shape index (κ1) is 21.4. The average Bonchev–Trinajstić information content (AvgIpc) is 3.05. The van der Waals surface area contributed by atoms with E-state index in [4.69, 9.17) is 9.47 Å². The SMILES string of the molecule is CCCCOc1ccc(C(=O)n2c(CC)c(CC(=O)O)c3cc(OC)ccc32)cc1. The van der Waals surface area contributed by atoms with E-state index in [2.05, 4.69) is 6.92 Å². The fraction of sp³-hybridized carbons (Fsp3) is 0.333. The Morgan fingerprint density at radius 2 is 1.73 bits per heavy atom. The maximum atomic E-state index is 13.4. The van der Waals surface area contributed by atoms with Crippen LogP contribution in [-0.2, 0) is 17.6 Å². The molecule has 1 heterocycles. The molecule has 0 bridgehead atoms. The van der Waals surface area contributed by atoms with Crippen molar-refractivity contribution < 1.29 is 24.2 Å². The summed E-state index contributed by atoms with van der Waals surface area (Å²) in [6.45, 7) is 4.67. The number of carbonyl (C=O) groups is 2. The molecule has 0 radical (unpaired) electrons. The zero-order chi connectivity index (χ0) is 21.7. The molecule has 0 aliphatic rings. The average molecular weight is 409 g/mol.